The molecule has 6 nitrogen and oxygen atoms in total. The maximum atomic E-state index is 8.32. The smallest absolute Gasteiger partial charge is 0.213 e. The van der Waals surface area contributed by atoms with Crippen molar-refractivity contribution in [2.45, 2.75) is 0 Å². The highest BCUT2D eigenvalue weighted by Gasteiger charge is 2.04. The van der Waals surface area contributed by atoms with Crippen molar-refractivity contribution in [1.82, 2.24) is 15.0 Å². The van der Waals surface area contributed by atoms with Gasteiger partial charge in [-0.15, -0.1) is 4.90 Å². The number of nitrogens with zero attached hydrogens (tertiary/aromatic N) is 6. The zero-order valence-electron chi connectivity index (χ0n) is 5.26. The Labute approximate surface area is 62.4 Å². The van der Waals surface area contributed by atoms with Gasteiger partial charge in [0.1, 0.15) is 6.33 Å². The lowest BCUT2D eigenvalue weighted by Gasteiger charge is -1.98. The van der Waals surface area contributed by atoms with Crippen LogP contribution in [0.5, 0.6) is 0 Å². The van der Waals surface area contributed by atoms with Crippen LogP contribution >= 0.6 is 0 Å². The van der Waals surface area contributed by atoms with Crippen molar-refractivity contribution in [3.63, 3.8) is 0 Å². The highest BCUT2D eigenvalue weighted by atomic mass is 15.2. The van der Waals surface area contributed by atoms with E-state index in [0.29, 0.717) is 4.90 Å². The Bertz CT molecular complexity index is 292. The molecule has 0 saturated carbocycles. The van der Waals surface area contributed by atoms with Crippen LogP contribution in [0.2, 0.25) is 0 Å². The molecule has 1 radical (unpaired) electrons. The summed E-state index contributed by atoms with van der Waals surface area (Å²) in [5.41, 5.74) is 0. The summed E-state index contributed by atoms with van der Waals surface area (Å²) in [7, 11) is 0. The van der Waals surface area contributed by atoms with Crippen molar-refractivity contribution in [2.24, 2.45) is 0 Å². The summed E-state index contributed by atoms with van der Waals surface area (Å²) in [5.74, 6) is -0.0231. The Kier molecular flexibility index (Phi) is 1.94. The van der Waals surface area contributed by atoms with Crippen LogP contribution < -0.4 is 4.90 Å². The van der Waals surface area contributed by atoms with Crippen molar-refractivity contribution in [3.05, 3.63) is 12.7 Å². The molecule has 1 aromatic heterocycles. The van der Waals surface area contributed by atoms with Crippen LogP contribution in [0.3, 0.4) is 0 Å². The van der Waals surface area contributed by atoms with Crippen molar-refractivity contribution < 1.29 is 0 Å². The van der Waals surface area contributed by atoms with Gasteiger partial charge in [-0.3, -0.25) is 0 Å². The van der Waals surface area contributed by atoms with Crippen LogP contribution in [-0.4, -0.2) is 15.0 Å². The van der Waals surface area contributed by atoms with Crippen LogP contribution in [0, 0.1) is 29.2 Å². The third-order valence-corrected chi connectivity index (χ3v) is 0.839. The fraction of sp³-hybridized carbons (Fsp3) is 0. The van der Waals surface area contributed by atoms with E-state index in [2.05, 4.69) is 21.3 Å². The van der Waals surface area contributed by atoms with Crippen LogP contribution in [0.25, 0.3) is 0 Å². The number of anilines is 1. The van der Waals surface area contributed by atoms with Crippen LogP contribution in [0.15, 0.2) is 6.33 Å². The van der Waals surface area contributed by atoms with Crippen molar-refractivity contribution in [3.8, 4) is 12.4 Å². The second-order valence-electron chi connectivity index (χ2n) is 1.42. The maximum Gasteiger partial charge on any atom is 0.256 e. The fourth-order valence-corrected chi connectivity index (χ4v) is 0.428. The summed E-state index contributed by atoms with van der Waals surface area (Å²) in [6, 6.07) is 0. The van der Waals surface area contributed by atoms with Crippen LogP contribution in [0.1, 0.15) is 0 Å². The summed E-state index contributed by atoms with van der Waals surface area (Å²) in [4.78, 5) is 11.1. The van der Waals surface area contributed by atoms with Gasteiger partial charge < -0.3 is 0 Å². The molecule has 0 unspecified atom stereocenters. The van der Waals surface area contributed by atoms with E-state index in [9.17, 15) is 0 Å². The molecule has 0 amide bonds. The minimum atomic E-state index is -0.0231. The lowest BCUT2D eigenvalue weighted by molar-refractivity contribution is 0.999. The van der Waals surface area contributed by atoms with Crippen LogP contribution in [-0.2, 0) is 0 Å². The van der Waals surface area contributed by atoms with E-state index in [1.807, 2.05) is 0 Å². The molecule has 1 heterocycles. The molecule has 0 aromatic carbocycles. The number of hydrogen-bond acceptors (Lipinski definition) is 6. The molecule has 0 N–H and O–H groups in total. The zero-order valence-corrected chi connectivity index (χ0v) is 5.26. The molecule has 1 aromatic rings. The molecule has 11 heavy (non-hydrogen) atoms. The Morgan fingerprint density at radius 2 is 2.18 bits per heavy atom. The van der Waals surface area contributed by atoms with E-state index < -0.39 is 0 Å². The fourth-order valence-electron chi connectivity index (χ4n) is 0.428. The van der Waals surface area contributed by atoms with Crippen LogP contribution in [0.4, 0.5) is 5.95 Å². The first kappa shape index (κ1) is 6.90. The van der Waals surface area contributed by atoms with Gasteiger partial charge in [0.05, 0.1) is 0 Å². The summed E-state index contributed by atoms with van der Waals surface area (Å²) in [6.07, 6.45) is 6.50. The maximum absolute atomic E-state index is 8.32. The first-order valence-corrected chi connectivity index (χ1v) is 2.53. The molecule has 51 valence electrons. The Morgan fingerprint density at radius 3 is 2.64 bits per heavy atom. The number of nitriles is 2. The van der Waals surface area contributed by atoms with Crippen molar-refractivity contribution in [2.75, 3.05) is 4.90 Å². The SMILES string of the molecule is N#CN(C#N)c1n[c]ncn1. The second-order valence-corrected chi connectivity index (χ2v) is 1.42. The van der Waals surface area contributed by atoms with Crippen molar-refractivity contribution >= 4 is 5.95 Å². The van der Waals surface area contributed by atoms with Gasteiger partial charge in [0.2, 0.25) is 18.7 Å². The largest absolute Gasteiger partial charge is 0.256 e. The standard InChI is InChI=1S/C5HN6/c6-1-11(2-7)5-9-3-8-4-10-5/h3H. The zero-order chi connectivity index (χ0) is 8.10. The molecule has 0 fully saturated rings. The normalized spacial score (nSPS) is 7.82. The van der Waals surface area contributed by atoms with E-state index in [-0.39, 0.29) is 5.95 Å². The molecule has 0 saturated heterocycles. The molecule has 0 spiro atoms. The lowest BCUT2D eigenvalue weighted by atomic mass is 10.8. The molecule has 0 aliphatic rings. The monoisotopic (exact) mass is 145 g/mol. The summed E-state index contributed by atoms with van der Waals surface area (Å²) in [5, 5.41) is 16.6. The van der Waals surface area contributed by atoms with Gasteiger partial charge in [0.25, 0.3) is 5.95 Å². The summed E-state index contributed by atoms with van der Waals surface area (Å²) in [6.45, 7) is 0. The lowest BCUT2D eigenvalue weighted by Crippen LogP contribution is -2.11. The molecular formula is C5HN6. The van der Waals surface area contributed by atoms with Gasteiger partial charge in [0, 0.05) is 0 Å². The average Bonchev–Trinajstić information content (AvgIpc) is 2.09. The van der Waals surface area contributed by atoms with Gasteiger partial charge in [-0.05, 0) is 0 Å². The van der Waals surface area contributed by atoms with Gasteiger partial charge in [-0.1, -0.05) is 0 Å². The first-order chi connectivity index (χ1) is 5.38. The first-order valence-electron chi connectivity index (χ1n) is 2.53. The Morgan fingerprint density at radius 1 is 1.45 bits per heavy atom. The highest BCUT2D eigenvalue weighted by Crippen LogP contribution is 1.98. The predicted molar refractivity (Wildman–Crippen MR) is 32.4 cm³/mol. The van der Waals surface area contributed by atoms with Gasteiger partial charge in [0.15, 0.2) is 0 Å². The van der Waals surface area contributed by atoms with E-state index in [0.717, 1.165) is 6.33 Å². The molecule has 6 heteroatoms. The minimum absolute atomic E-state index is 0.0231. The molecule has 1 rings (SSSR count). The van der Waals surface area contributed by atoms with E-state index in [4.69, 9.17) is 10.5 Å². The predicted octanol–water partition coefficient (Wildman–Crippen LogP) is -0.560. The molecule has 0 atom stereocenters. The quantitative estimate of drug-likeness (QED) is 0.388. The second kappa shape index (κ2) is 3.08. The topological polar surface area (TPSA) is 89.5 Å². The Hall–Kier alpha value is -2.21. The number of hydrogen-bond donors (Lipinski definition) is 0. The summed E-state index contributed by atoms with van der Waals surface area (Å²) >= 11 is 0. The van der Waals surface area contributed by atoms with E-state index in [1.165, 1.54) is 0 Å². The minimum Gasteiger partial charge on any atom is -0.213 e. The van der Waals surface area contributed by atoms with Gasteiger partial charge in [-0.2, -0.15) is 20.5 Å². The average molecular weight is 145 g/mol. The van der Waals surface area contributed by atoms with E-state index >= 15 is 0 Å². The number of aromatic nitrogens is 3. The summed E-state index contributed by atoms with van der Waals surface area (Å²) < 4.78 is 0. The highest BCUT2D eigenvalue weighted by molar-refractivity contribution is 5.40. The van der Waals surface area contributed by atoms with Crippen molar-refractivity contribution in [1.29, 1.82) is 10.5 Å². The Balaban J connectivity index is 2.96. The molecular weight excluding hydrogens is 144 g/mol. The molecule has 0 aliphatic heterocycles. The van der Waals surface area contributed by atoms with Gasteiger partial charge >= 0.3 is 0 Å². The molecule has 0 aliphatic carbocycles. The van der Waals surface area contributed by atoms with Gasteiger partial charge in [-0.25, -0.2) is 4.98 Å². The number of rotatable bonds is 1. The third-order valence-electron chi connectivity index (χ3n) is 0.839. The van der Waals surface area contributed by atoms with E-state index in [1.54, 1.807) is 12.4 Å². The molecule has 0 bridgehead atoms. The third kappa shape index (κ3) is 1.37.